The molecule has 19 heavy (non-hydrogen) atoms. The third-order valence-corrected chi connectivity index (χ3v) is 3.21. The molecule has 1 heterocycles. The number of ether oxygens (including phenoxy) is 2. The van der Waals surface area contributed by atoms with Crippen molar-refractivity contribution in [3.8, 4) is 0 Å². The van der Waals surface area contributed by atoms with Gasteiger partial charge in [0, 0.05) is 45.9 Å². The lowest BCUT2D eigenvalue weighted by atomic mass is 10.2. The maximum atomic E-state index is 12.0. The van der Waals surface area contributed by atoms with Gasteiger partial charge in [0.25, 0.3) is 0 Å². The molecule has 0 aromatic carbocycles. The standard InChI is InChI=1S/C14H28N2O3/c1-12-11-16(13(17)19-14(2,3)4)9-8-15(12)7-6-10-18-5/h12H,6-11H2,1-5H3/t12-/m0/s1. The zero-order chi connectivity index (χ0) is 14.5. The quantitative estimate of drug-likeness (QED) is 0.734. The van der Waals surface area contributed by atoms with Crippen LogP contribution in [0.1, 0.15) is 34.1 Å². The van der Waals surface area contributed by atoms with Crippen LogP contribution in [0.4, 0.5) is 4.79 Å². The minimum absolute atomic E-state index is 0.198. The number of amides is 1. The lowest BCUT2D eigenvalue weighted by Gasteiger charge is -2.40. The molecular weight excluding hydrogens is 244 g/mol. The van der Waals surface area contributed by atoms with Gasteiger partial charge in [0.1, 0.15) is 5.60 Å². The molecular formula is C14H28N2O3. The van der Waals surface area contributed by atoms with Gasteiger partial charge in [-0.05, 0) is 34.1 Å². The molecule has 0 radical (unpaired) electrons. The Morgan fingerprint density at radius 2 is 2.00 bits per heavy atom. The molecule has 1 aliphatic heterocycles. The average Bonchev–Trinajstić information content (AvgIpc) is 2.29. The monoisotopic (exact) mass is 272 g/mol. The molecule has 1 fully saturated rings. The first-order chi connectivity index (χ1) is 8.83. The molecule has 1 atom stereocenters. The number of nitrogens with zero attached hydrogens (tertiary/aromatic N) is 2. The number of piperazine rings is 1. The van der Waals surface area contributed by atoms with Crippen LogP contribution in [0.5, 0.6) is 0 Å². The molecule has 0 bridgehead atoms. The lowest BCUT2D eigenvalue weighted by molar-refractivity contribution is 0.00482. The summed E-state index contributed by atoms with van der Waals surface area (Å²) in [5.41, 5.74) is -0.421. The summed E-state index contributed by atoms with van der Waals surface area (Å²) in [6, 6.07) is 0.373. The second-order valence-corrected chi connectivity index (χ2v) is 6.16. The maximum Gasteiger partial charge on any atom is 0.410 e. The molecule has 1 rings (SSSR count). The summed E-state index contributed by atoms with van der Waals surface area (Å²) in [6.45, 7) is 12.1. The minimum atomic E-state index is -0.421. The Morgan fingerprint density at radius 3 is 2.53 bits per heavy atom. The van der Waals surface area contributed by atoms with E-state index in [4.69, 9.17) is 9.47 Å². The van der Waals surface area contributed by atoms with Crippen molar-refractivity contribution in [1.29, 1.82) is 0 Å². The molecule has 0 spiro atoms. The van der Waals surface area contributed by atoms with Crippen molar-refractivity contribution in [2.75, 3.05) is 39.9 Å². The van der Waals surface area contributed by atoms with Gasteiger partial charge in [0.05, 0.1) is 0 Å². The van der Waals surface area contributed by atoms with E-state index in [0.717, 1.165) is 39.2 Å². The SMILES string of the molecule is COCCCN1CCN(C(=O)OC(C)(C)C)C[C@@H]1C. The third-order valence-electron chi connectivity index (χ3n) is 3.21. The highest BCUT2D eigenvalue weighted by molar-refractivity contribution is 5.68. The average molecular weight is 272 g/mol. The van der Waals surface area contributed by atoms with E-state index in [1.807, 2.05) is 25.7 Å². The van der Waals surface area contributed by atoms with E-state index >= 15 is 0 Å². The van der Waals surface area contributed by atoms with E-state index in [-0.39, 0.29) is 6.09 Å². The predicted molar refractivity (Wildman–Crippen MR) is 75.3 cm³/mol. The summed E-state index contributed by atoms with van der Waals surface area (Å²) in [7, 11) is 1.73. The van der Waals surface area contributed by atoms with E-state index in [1.54, 1.807) is 7.11 Å². The number of carbonyl (C=O) groups excluding carboxylic acids is 1. The molecule has 5 nitrogen and oxygen atoms in total. The van der Waals surface area contributed by atoms with Crippen molar-refractivity contribution < 1.29 is 14.3 Å². The van der Waals surface area contributed by atoms with Crippen LogP contribution >= 0.6 is 0 Å². The van der Waals surface area contributed by atoms with Crippen LogP contribution in [-0.4, -0.2) is 67.4 Å². The van der Waals surface area contributed by atoms with Gasteiger partial charge in [-0.25, -0.2) is 4.79 Å². The molecule has 112 valence electrons. The maximum absolute atomic E-state index is 12.0. The summed E-state index contributed by atoms with van der Waals surface area (Å²) < 4.78 is 10.5. The zero-order valence-electron chi connectivity index (χ0n) is 12.9. The highest BCUT2D eigenvalue weighted by Crippen LogP contribution is 2.14. The smallest absolute Gasteiger partial charge is 0.410 e. The second-order valence-electron chi connectivity index (χ2n) is 6.16. The molecule has 0 aliphatic carbocycles. The topological polar surface area (TPSA) is 42.0 Å². The fourth-order valence-corrected chi connectivity index (χ4v) is 2.23. The fourth-order valence-electron chi connectivity index (χ4n) is 2.23. The largest absolute Gasteiger partial charge is 0.444 e. The fraction of sp³-hybridized carbons (Fsp3) is 0.929. The first-order valence-electron chi connectivity index (χ1n) is 7.04. The van der Waals surface area contributed by atoms with Gasteiger partial charge in [-0.15, -0.1) is 0 Å². The number of rotatable bonds is 4. The summed E-state index contributed by atoms with van der Waals surface area (Å²) in [4.78, 5) is 16.2. The highest BCUT2D eigenvalue weighted by atomic mass is 16.6. The zero-order valence-corrected chi connectivity index (χ0v) is 12.9. The van der Waals surface area contributed by atoms with Gasteiger partial charge < -0.3 is 14.4 Å². The van der Waals surface area contributed by atoms with Crippen molar-refractivity contribution in [3.05, 3.63) is 0 Å². The molecule has 0 aromatic rings. The Labute approximate surface area is 116 Å². The van der Waals surface area contributed by atoms with Gasteiger partial charge in [-0.3, -0.25) is 4.90 Å². The van der Waals surface area contributed by atoms with Crippen molar-refractivity contribution in [3.63, 3.8) is 0 Å². The molecule has 5 heteroatoms. The second kappa shape index (κ2) is 7.10. The Bertz CT molecular complexity index is 289. The molecule has 0 N–H and O–H groups in total. The van der Waals surface area contributed by atoms with Crippen molar-refractivity contribution in [2.45, 2.75) is 45.8 Å². The molecule has 1 aliphatic rings. The normalized spacial score (nSPS) is 21.5. The van der Waals surface area contributed by atoms with Crippen LogP contribution in [0.3, 0.4) is 0 Å². The van der Waals surface area contributed by atoms with Crippen LogP contribution in [0.2, 0.25) is 0 Å². The number of hydrogen-bond acceptors (Lipinski definition) is 4. The lowest BCUT2D eigenvalue weighted by Crippen LogP contribution is -2.54. The summed E-state index contributed by atoms with van der Waals surface area (Å²) in [6.07, 6.45) is 0.837. The molecule has 0 unspecified atom stereocenters. The summed E-state index contributed by atoms with van der Waals surface area (Å²) in [5.74, 6) is 0. The molecule has 1 amide bonds. The first kappa shape index (κ1) is 16.2. The van der Waals surface area contributed by atoms with Crippen molar-refractivity contribution >= 4 is 6.09 Å². The molecule has 0 aromatic heterocycles. The van der Waals surface area contributed by atoms with Crippen LogP contribution in [0, 0.1) is 0 Å². The summed E-state index contributed by atoms with van der Waals surface area (Å²) >= 11 is 0. The van der Waals surface area contributed by atoms with E-state index < -0.39 is 5.60 Å². The Balaban J connectivity index is 2.38. The minimum Gasteiger partial charge on any atom is -0.444 e. The van der Waals surface area contributed by atoms with E-state index in [9.17, 15) is 4.79 Å². The van der Waals surface area contributed by atoms with Crippen LogP contribution in [-0.2, 0) is 9.47 Å². The van der Waals surface area contributed by atoms with Gasteiger partial charge in [-0.1, -0.05) is 0 Å². The highest BCUT2D eigenvalue weighted by Gasteiger charge is 2.29. The van der Waals surface area contributed by atoms with Crippen molar-refractivity contribution in [2.24, 2.45) is 0 Å². The predicted octanol–water partition coefficient (Wildman–Crippen LogP) is 1.96. The number of hydrogen-bond donors (Lipinski definition) is 0. The van der Waals surface area contributed by atoms with Crippen LogP contribution < -0.4 is 0 Å². The van der Waals surface area contributed by atoms with Gasteiger partial charge in [0.15, 0.2) is 0 Å². The van der Waals surface area contributed by atoms with Crippen LogP contribution in [0.25, 0.3) is 0 Å². The number of methoxy groups -OCH3 is 1. The number of carbonyl (C=O) groups is 1. The summed E-state index contributed by atoms with van der Waals surface area (Å²) in [5, 5.41) is 0. The van der Waals surface area contributed by atoms with E-state index in [2.05, 4.69) is 11.8 Å². The van der Waals surface area contributed by atoms with Gasteiger partial charge >= 0.3 is 6.09 Å². The molecule has 0 saturated carbocycles. The third kappa shape index (κ3) is 5.78. The molecule has 1 saturated heterocycles. The van der Waals surface area contributed by atoms with Gasteiger partial charge in [-0.2, -0.15) is 0 Å². The Morgan fingerprint density at radius 1 is 1.32 bits per heavy atom. The van der Waals surface area contributed by atoms with Crippen LogP contribution in [0.15, 0.2) is 0 Å². The Hall–Kier alpha value is -0.810. The van der Waals surface area contributed by atoms with E-state index in [1.165, 1.54) is 0 Å². The first-order valence-corrected chi connectivity index (χ1v) is 7.04. The van der Waals surface area contributed by atoms with Crippen molar-refractivity contribution in [1.82, 2.24) is 9.80 Å². The Kier molecular flexibility index (Phi) is 6.07. The van der Waals surface area contributed by atoms with E-state index in [0.29, 0.717) is 6.04 Å². The van der Waals surface area contributed by atoms with Gasteiger partial charge in [0.2, 0.25) is 0 Å².